The van der Waals surface area contributed by atoms with E-state index in [1.165, 1.54) is 16.8 Å². The zero-order chi connectivity index (χ0) is 14.9. The first-order valence-corrected chi connectivity index (χ1v) is 6.94. The van der Waals surface area contributed by atoms with Gasteiger partial charge in [-0.2, -0.15) is 5.10 Å². The molecule has 1 heterocycles. The molecule has 0 unspecified atom stereocenters. The van der Waals surface area contributed by atoms with Crippen molar-refractivity contribution in [2.75, 3.05) is 11.9 Å². The molecule has 106 valence electrons. The van der Waals surface area contributed by atoms with Gasteiger partial charge in [0.15, 0.2) is 0 Å². The number of benzene rings is 1. The predicted octanol–water partition coefficient (Wildman–Crippen LogP) is 2.97. The molecule has 0 aliphatic carbocycles. The van der Waals surface area contributed by atoms with E-state index in [0.717, 1.165) is 5.56 Å². The summed E-state index contributed by atoms with van der Waals surface area (Å²) in [7, 11) is 3.37. The van der Waals surface area contributed by atoms with Gasteiger partial charge in [0.05, 0.1) is 16.9 Å². The normalized spacial score (nSPS) is 10.7. The minimum absolute atomic E-state index is 0.0906. The molecule has 0 saturated heterocycles. The third kappa shape index (κ3) is 3.02. The van der Waals surface area contributed by atoms with Gasteiger partial charge in [-0.15, -0.1) is 0 Å². The molecule has 1 aromatic carbocycles. The Morgan fingerprint density at radius 2 is 2.20 bits per heavy atom. The van der Waals surface area contributed by atoms with Gasteiger partial charge in [0.25, 0.3) is 5.56 Å². The number of halogens is 3. The summed E-state index contributed by atoms with van der Waals surface area (Å²) in [5, 5.41) is 4.06. The number of aromatic nitrogens is 2. The lowest BCUT2D eigenvalue weighted by molar-refractivity contribution is 0.625. The molecule has 0 fully saturated rings. The first-order chi connectivity index (χ1) is 9.40. The summed E-state index contributed by atoms with van der Waals surface area (Å²) < 4.78 is 15.1. The highest BCUT2D eigenvalue weighted by molar-refractivity contribution is 9.10. The molecule has 0 saturated carbocycles. The first-order valence-electron chi connectivity index (χ1n) is 5.77. The topological polar surface area (TPSA) is 38.1 Å². The van der Waals surface area contributed by atoms with Gasteiger partial charge in [-0.05, 0) is 33.6 Å². The van der Waals surface area contributed by atoms with Crippen molar-refractivity contribution in [3.63, 3.8) is 0 Å². The van der Waals surface area contributed by atoms with Crippen molar-refractivity contribution in [3.05, 3.63) is 55.6 Å². The Balaban J connectivity index is 2.28. The fourth-order valence-corrected chi connectivity index (χ4v) is 2.54. The molecule has 20 heavy (non-hydrogen) atoms. The Labute approximate surface area is 128 Å². The van der Waals surface area contributed by atoms with Crippen molar-refractivity contribution in [2.24, 2.45) is 7.05 Å². The van der Waals surface area contributed by atoms with Crippen LogP contribution in [0.15, 0.2) is 33.7 Å². The summed E-state index contributed by atoms with van der Waals surface area (Å²) in [6, 6.07) is 4.63. The van der Waals surface area contributed by atoms with Gasteiger partial charge in [-0.3, -0.25) is 4.79 Å². The molecular formula is C13H12BrClFN3O. The molecule has 0 N–H and O–H groups in total. The van der Waals surface area contributed by atoms with Crippen LogP contribution in [0.2, 0.25) is 5.02 Å². The van der Waals surface area contributed by atoms with E-state index in [4.69, 9.17) is 11.6 Å². The number of hydrogen-bond acceptors (Lipinski definition) is 3. The fourth-order valence-electron chi connectivity index (χ4n) is 1.77. The van der Waals surface area contributed by atoms with Crippen molar-refractivity contribution in [1.29, 1.82) is 0 Å². The third-order valence-corrected chi connectivity index (χ3v) is 3.93. The van der Waals surface area contributed by atoms with Crippen LogP contribution in [-0.4, -0.2) is 16.8 Å². The molecule has 4 nitrogen and oxygen atoms in total. The zero-order valence-corrected chi connectivity index (χ0v) is 13.2. The Morgan fingerprint density at radius 3 is 2.85 bits per heavy atom. The maximum atomic E-state index is 13.4. The average Bonchev–Trinajstić information content (AvgIpc) is 2.40. The zero-order valence-electron chi connectivity index (χ0n) is 10.9. The first kappa shape index (κ1) is 15.0. The van der Waals surface area contributed by atoms with Crippen LogP contribution in [0.25, 0.3) is 0 Å². The van der Waals surface area contributed by atoms with Crippen LogP contribution in [0.3, 0.4) is 0 Å². The molecular weight excluding hydrogens is 349 g/mol. The number of aryl methyl sites for hydroxylation is 1. The van der Waals surface area contributed by atoms with Gasteiger partial charge in [-0.1, -0.05) is 17.7 Å². The smallest absolute Gasteiger partial charge is 0.282 e. The standard InChI is InChI=1S/C13H12BrClFN3O/c1-18(7-8-3-4-9(15)10(16)5-8)11-6-17-19(2)13(20)12(11)14/h3-6H,7H2,1-2H3. The van der Waals surface area contributed by atoms with Crippen LogP contribution in [0.4, 0.5) is 10.1 Å². The number of rotatable bonds is 3. The molecule has 1 aromatic heterocycles. The SMILES string of the molecule is CN(Cc1ccc(Cl)c(F)c1)c1cnn(C)c(=O)c1Br. The van der Waals surface area contributed by atoms with Gasteiger partial charge >= 0.3 is 0 Å². The molecule has 7 heteroatoms. The Morgan fingerprint density at radius 1 is 1.50 bits per heavy atom. The summed E-state index contributed by atoms with van der Waals surface area (Å²) in [5.74, 6) is -0.460. The van der Waals surface area contributed by atoms with Crippen LogP contribution in [0.5, 0.6) is 0 Å². The molecule has 0 bridgehead atoms. The lowest BCUT2D eigenvalue weighted by Crippen LogP contribution is -2.25. The van der Waals surface area contributed by atoms with Crippen molar-refractivity contribution in [1.82, 2.24) is 9.78 Å². The van der Waals surface area contributed by atoms with Crippen LogP contribution < -0.4 is 10.5 Å². The Hall–Kier alpha value is -1.40. The van der Waals surface area contributed by atoms with Gasteiger partial charge in [-0.25, -0.2) is 9.07 Å². The van der Waals surface area contributed by atoms with Crippen molar-refractivity contribution in [2.45, 2.75) is 6.54 Å². The second kappa shape index (κ2) is 5.93. The van der Waals surface area contributed by atoms with E-state index in [1.807, 2.05) is 0 Å². The Bertz CT molecular complexity index is 705. The molecule has 0 radical (unpaired) electrons. The maximum Gasteiger partial charge on any atom is 0.282 e. The highest BCUT2D eigenvalue weighted by atomic mass is 79.9. The fraction of sp³-hybridized carbons (Fsp3) is 0.231. The van der Waals surface area contributed by atoms with Crippen LogP contribution in [-0.2, 0) is 13.6 Å². The summed E-state index contributed by atoms with van der Waals surface area (Å²) in [5.41, 5.74) is 1.17. The largest absolute Gasteiger partial charge is 0.368 e. The van der Waals surface area contributed by atoms with Crippen molar-refractivity contribution >= 4 is 33.2 Å². The number of hydrogen-bond donors (Lipinski definition) is 0. The number of nitrogens with zero attached hydrogens (tertiary/aromatic N) is 3. The minimum Gasteiger partial charge on any atom is -0.368 e. The molecule has 0 atom stereocenters. The summed E-state index contributed by atoms with van der Waals surface area (Å²) in [6.07, 6.45) is 1.58. The van der Waals surface area contributed by atoms with E-state index < -0.39 is 5.82 Å². The van der Waals surface area contributed by atoms with Crippen molar-refractivity contribution in [3.8, 4) is 0 Å². The molecule has 2 rings (SSSR count). The Kier molecular flexibility index (Phi) is 4.45. The molecule has 0 aliphatic heterocycles. The van der Waals surface area contributed by atoms with Gasteiger partial charge < -0.3 is 4.90 Å². The van der Waals surface area contributed by atoms with Crippen LogP contribution in [0, 0.1) is 5.82 Å². The third-order valence-electron chi connectivity index (χ3n) is 2.87. The summed E-state index contributed by atoms with van der Waals surface area (Å²) >= 11 is 8.91. The lowest BCUT2D eigenvalue weighted by Gasteiger charge is -2.20. The van der Waals surface area contributed by atoms with E-state index >= 15 is 0 Å². The summed E-state index contributed by atoms with van der Waals surface area (Å²) in [4.78, 5) is 13.6. The molecule has 0 amide bonds. The quantitative estimate of drug-likeness (QED) is 0.844. The predicted molar refractivity (Wildman–Crippen MR) is 80.7 cm³/mol. The average molecular weight is 361 g/mol. The monoisotopic (exact) mass is 359 g/mol. The van der Waals surface area contributed by atoms with E-state index in [1.54, 1.807) is 31.3 Å². The van der Waals surface area contributed by atoms with Crippen LogP contribution in [0.1, 0.15) is 5.56 Å². The van der Waals surface area contributed by atoms with E-state index in [2.05, 4.69) is 21.0 Å². The number of anilines is 1. The van der Waals surface area contributed by atoms with E-state index in [-0.39, 0.29) is 10.6 Å². The lowest BCUT2D eigenvalue weighted by atomic mass is 10.2. The second-order valence-corrected chi connectivity index (χ2v) is 5.58. The minimum atomic E-state index is -0.460. The maximum absolute atomic E-state index is 13.4. The van der Waals surface area contributed by atoms with Gasteiger partial charge in [0, 0.05) is 20.6 Å². The highest BCUT2D eigenvalue weighted by Gasteiger charge is 2.12. The molecule has 0 spiro atoms. The molecule has 0 aliphatic rings. The van der Waals surface area contributed by atoms with Gasteiger partial charge in [0.2, 0.25) is 0 Å². The van der Waals surface area contributed by atoms with Crippen molar-refractivity contribution < 1.29 is 4.39 Å². The van der Waals surface area contributed by atoms with E-state index in [9.17, 15) is 9.18 Å². The highest BCUT2D eigenvalue weighted by Crippen LogP contribution is 2.23. The molecule has 2 aromatic rings. The van der Waals surface area contributed by atoms with E-state index in [0.29, 0.717) is 16.7 Å². The second-order valence-electron chi connectivity index (χ2n) is 4.38. The van der Waals surface area contributed by atoms with Crippen LogP contribution >= 0.6 is 27.5 Å². The summed E-state index contributed by atoms with van der Waals surface area (Å²) in [6.45, 7) is 0.432. The van der Waals surface area contributed by atoms with Gasteiger partial charge in [0.1, 0.15) is 10.3 Å².